The summed E-state index contributed by atoms with van der Waals surface area (Å²) in [5, 5.41) is 0. The van der Waals surface area contributed by atoms with Crippen LogP contribution in [0.4, 0.5) is 5.69 Å². The Kier molecular flexibility index (Phi) is 3.20. The standard InChI is InChI=1S/C14H19N/c1-11-8-9-14(10-12(11)2)15-13-6-4-3-5-7-13/h8-10H,3-7H2,1-2H3. The Morgan fingerprint density at radius 2 is 1.67 bits per heavy atom. The van der Waals surface area contributed by atoms with E-state index in [1.165, 1.54) is 48.9 Å². The first kappa shape index (κ1) is 10.4. The van der Waals surface area contributed by atoms with Crippen molar-refractivity contribution in [1.82, 2.24) is 0 Å². The Balaban J connectivity index is 2.18. The van der Waals surface area contributed by atoms with E-state index in [9.17, 15) is 0 Å². The summed E-state index contributed by atoms with van der Waals surface area (Å²) in [6, 6.07) is 6.48. The molecule has 0 unspecified atom stereocenters. The van der Waals surface area contributed by atoms with Gasteiger partial charge in [0.05, 0.1) is 5.69 Å². The second-order valence-electron chi connectivity index (χ2n) is 4.51. The van der Waals surface area contributed by atoms with Gasteiger partial charge >= 0.3 is 0 Å². The monoisotopic (exact) mass is 201 g/mol. The van der Waals surface area contributed by atoms with Gasteiger partial charge in [-0.1, -0.05) is 12.5 Å². The Morgan fingerprint density at radius 3 is 2.33 bits per heavy atom. The first-order valence-corrected chi connectivity index (χ1v) is 5.89. The Bertz CT molecular complexity index is 369. The molecule has 1 saturated carbocycles. The molecule has 0 atom stereocenters. The van der Waals surface area contributed by atoms with Crippen molar-refractivity contribution in [2.24, 2.45) is 4.99 Å². The largest absolute Gasteiger partial charge is 0.258 e. The average molecular weight is 201 g/mol. The SMILES string of the molecule is Cc1ccc(N=C2CCCCC2)cc1C. The zero-order valence-electron chi connectivity index (χ0n) is 9.71. The lowest BCUT2D eigenvalue weighted by molar-refractivity contribution is 0.667. The minimum Gasteiger partial charge on any atom is -0.258 e. The third-order valence-electron chi connectivity index (χ3n) is 3.21. The molecular formula is C14H19N. The lowest BCUT2D eigenvalue weighted by Gasteiger charge is -2.12. The van der Waals surface area contributed by atoms with Crippen LogP contribution in [0.25, 0.3) is 0 Å². The van der Waals surface area contributed by atoms with Crippen molar-refractivity contribution >= 4 is 11.4 Å². The lowest BCUT2D eigenvalue weighted by Crippen LogP contribution is -2.03. The zero-order chi connectivity index (χ0) is 10.7. The van der Waals surface area contributed by atoms with Crippen molar-refractivity contribution in [3.05, 3.63) is 29.3 Å². The summed E-state index contributed by atoms with van der Waals surface area (Å²) in [7, 11) is 0. The first-order valence-electron chi connectivity index (χ1n) is 5.89. The molecule has 1 nitrogen and oxygen atoms in total. The van der Waals surface area contributed by atoms with Gasteiger partial charge in [0.25, 0.3) is 0 Å². The predicted molar refractivity (Wildman–Crippen MR) is 66.1 cm³/mol. The fourth-order valence-electron chi connectivity index (χ4n) is 2.05. The summed E-state index contributed by atoms with van der Waals surface area (Å²) < 4.78 is 0. The molecule has 0 aliphatic heterocycles. The molecule has 1 aliphatic carbocycles. The molecule has 1 aromatic carbocycles. The molecule has 1 aromatic rings. The summed E-state index contributed by atoms with van der Waals surface area (Å²) in [4.78, 5) is 4.74. The summed E-state index contributed by atoms with van der Waals surface area (Å²) in [5.74, 6) is 0. The lowest BCUT2D eigenvalue weighted by atomic mass is 9.98. The maximum Gasteiger partial charge on any atom is 0.0631 e. The van der Waals surface area contributed by atoms with Crippen molar-refractivity contribution in [2.75, 3.05) is 0 Å². The highest BCUT2D eigenvalue weighted by Gasteiger charge is 2.06. The van der Waals surface area contributed by atoms with Crippen LogP contribution in [0.1, 0.15) is 43.2 Å². The van der Waals surface area contributed by atoms with Crippen molar-refractivity contribution in [3.63, 3.8) is 0 Å². The van der Waals surface area contributed by atoms with Crippen LogP contribution in [0.3, 0.4) is 0 Å². The van der Waals surface area contributed by atoms with E-state index in [4.69, 9.17) is 4.99 Å². The smallest absolute Gasteiger partial charge is 0.0631 e. The summed E-state index contributed by atoms with van der Waals surface area (Å²) in [6.07, 6.45) is 6.43. The molecule has 0 saturated heterocycles. The van der Waals surface area contributed by atoms with Gasteiger partial charge in [-0.15, -0.1) is 0 Å². The number of aryl methyl sites for hydroxylation is 2. The molecule has 2 rings (SSSR count). The molecule has 0 radical (unpaired) electrons. The second kappa shape index (κ2) is 4.61. The molecule has 0 spiro atoms. The molecule has 15 heavy (non-hydrogen) atoms. The van der Waals surface area contributed by atoms with Gasteiger partial charge in [-0.3, -0.25) is 4.99 Å². The van der Waals surface area contributed by atoms with Crippen molar-refractivity contribution in [2.45, 2.75) is 46.0 Å². The number of nitrogens with zero attached hydrogens (tertiary/aromatic N) is 1. The average Bonchev–Trinajstić information content (AvgIpc) is 2.25. The van der Waals surface area contributed by atoms with Gasteiger partial charge in [0.15, 0.2) is 0 Å². The molecule has 1 aliphatic rings. The van der Waals surface area contributed by atoms with Crippen molar-refractivity contribution < 1.29 is 0 Å². The molecule has 1 heteroatoms. The maximum absolute atomic E-state index is 4.74. The van der Waals surface area contributed by atoms with Crippen LogP contribution in [0, 0.1) is 13.8 Å². The van der Waals surface area contributed by atoms with Crippen LogP contribution in [0.15, 0.2) is 23.2 Å². The molecule has 0 bridgehead atoms. The normalized spacial score (nSPS) is 16.5. The molecule has 0 N–H and O–H groups in total. The van der Waals surface area contributed by atoms with Crippen LogP contribution in [-0.4, -0.2) is 5.71 Å². The van der Waals surface area contributed by atoms with Crippen molar-refractivity contribution in [3.8, 4) is 0 Å². The van der Waals surface area contributed by atoms with Gasteiger partial charge in [-0.2, -0.15) is 0 Å². The Hall–Kier alpha value is -1.11. The number of rotatable bonds is 1. The fraction of sp³-hybridized carbons (Fsp3) is 0.500. The van der Waals surface area contributed by atoms with E-state index in [1.807, 2.05) is 0 Å². The molecule has 1 fully saturated rings. The van der Waals surface area contributed by atoms with Crippen LogP contribution in [-0.2, 0) is 0 Å². The van der Waals surface area contributed by atoms with Gasteiger partial charge < -0.3 is 0 Å². The fourth-order valence-corrected chi connectivity index (χ4v) is 2.05. The van der Waals surface area contributed by atoms with E-state index in [1.54, 1.807) is 0 Å². The minimum atomic E-state index is 1.13. The van der Waals surface area contributed by atoms with E-state index in [-0.39, 0.29) is 0 Å². The zero-order valence-corrected chi connectivity index (χ0v) is 9.71. The van der Waals surface area contributed by atoms with Gasteiger partial charge in [-0.25, -0.2) is 0 Å². The molecule has 80 valence electrons. The predicted octanol–water partition coefficient (Wildman–Crippen LogP) is 4.34. The Labute approximate surface area is 92.2 Å². The van der Waals surface area contributed by atoms with Gasteiger partial charge in [0.2, 0.25) is 0 Å². The van der Waals surface area contributed by atoms with Gasteiger partial charge in [-0.05, 0) is 62.8 Å². The highest BCUT2D eigenvalue weighted by molar-refractivity contribution is 5.87. The van der Waals surface area contributed by atoms with E-state index >= 15 is 0 Å². The number of hydrogen-bond acceptors (Lipinski definition) is 1. The highest BCUT2D eigenvalue weighted by atomic mass is 14.7. The molecular weight excluding hydrogens is 182 g/mol. The van der Waals surface area contributed by atoms with Crippen molar-refractivity contribution in [1.29, 1.82) is 0 Å². The third-order valence-corrected chi connectivity index (χ3v) is 3.21. The van der Waals surface area contributed by atoms with Gasteiger partial charge in [0.1, 0.15) is 0 Å². The van der Waals surface area contributed by atoms with Crippen LogP contribution in [0.2, 0.25) is 0 Å². The third kappa shape index (κ3) is 2.68. The van der Waals surface area contributed by atoms with Crippen LogP contribution < -0.4 is 0 Å². The maximum atomic E-state index is 4.74. The summed E-state index contributed by atoms with van der Waals surface area (Å²) in [5.41, 5.74) is 5.22. The molecule has 0 aromatic heterocycles. The number of aliphatic imine (C=N–C) groups is 1. The Morgan fingerprint density at radius 1 is 0.933 bits per heavy atom. The van der Waals surface area contributed by atoms with E-state index in [0.29, 0.717) is 0 Å². The quantitative estimate of drug-likeness (QED) is 0.641. The summed E-state index contributed by atoms with van der Waals surface area (Å²) >= 11 is 0. The first-order chi connectivity index (χ1) is 7.25. The van der Waals surface area contributed by atoms with E-state index in [2.05, 4.69) is 32.0 Å². The topological polar surface area (TPSA) is 12.4 Å². The molecule has 0 heterocycles. The summed E-state index contributed by atoms with van der Waals surface area (Å²) in [6.45, 7) is 4.30. The number of benzene rings is 1. The molecule has 0 amide bonds. The van der Waals surface area contributed by atoms with E-state index in [0.717, 1.165) is 5.69 Å². The van der Waals surface area contributed by atoms with Crippen LogP contribution in [0.5, 0.6) is 0 Å². The number of hydrogen-bond donors (Lipinski definition) is 0. The highest BCUT2D eigenvalue weighted by Crippen LogP contribution is 2.21. The van der Waals surface area contributed by atoms with Gasteiger partial charge in [0, 0.05) is 5.71 Å². The van der Waals surface area contributed by atoms with E-state index < -0.39 is 0 Å². The minimum absolute atomic E-state index is 1.13. The second-order valence-corrected chi connectivity index (χ2v) is 4.51. The van der Waals surface area contributed by atoms with Crippen LogP contribution >= 0.6 is 0 Å².